The van der Waals surface area contributed by atoms with Gasteiger partial charge in [0.05, 0.1) is 0 Å². The molecule has 0 aliphatic carbocycles. The summed E-state index contributed by atoms with van der Waals surface area (Å²) >= 11 is 0. The molecular weight excluding hydrogens is 280 g/mol. The van der Waals surface area contributed by atoms with Crippen LogP contribution in [0.4, 0.5) is 5.88 Å². The van der Waals surface area contributed by atoms with E-state index in [4.69, 9.17) is 4.42 Å². The largest absolute Gasteiger partial charge is 0.441 e. The number of rotatable bonds is 3. The summed E-state index contributed by atoms with van der Waals surface area (Å²) in [6, 6.07) is 3.81. The number of piperidine rings is 1. The van der Waals surface area contributed by atoms with Gasteiger partial charge in [0.2, 0.25) is 0 Å². The zero-order chi connectivity index (χ0) is 15.1. The van der Waals surface area contributed by atoms with Gasteiger partial charge in [-0.05, 0) is 25.3 Å². The van der Waals surface area contributed by atoms with E-state index in [-0.39, 0.29) is 11.9 Å². The molecule has 2 saturated heterocycles. The molecule has 4 rings (SSSR count). The molecule has 2 aromatic rings. The molecule has 0 aromatic carbocycles. The third kappa shape index (κ3) is 2.43. The highest BCUT2D eigenvalue weighted by molar-refractivity contribution is 5.95. The molecule has 6 nitrogen and oxygen atoms in total. The van der Waals surface area contributed by atoms with Crippen LogP contribution in [0.5, 0.6) is 0 Å². The van der Waals surface area contributed by atoms with Gasteiger partial charge in [0.1, 0.15) is 11.3 Å². The number of hydrogen-bond acceptors (Lipinski definition) is 5. The molecule has 22 heavy (non-hydrogen) atoms. The van der Waals surface area contributed by atoms with Gasteiger partial charge in [-0.2, -0.15) is 0 Å². The van der Waals surface area contributed by atoms with E-state index in [0.29, 0.717) is 17.2 Å². The lowest BCUT2D eigenvalue weighted by molar-refractivity contribution is 0.0904. The number of fused-ring (bicyclic) bond motifs is 3. The van der Waals surface area contributed by atoms with Crippen molar-refractivity contribution in [2.24, 2.45) is 5.92 Å². The van der Waals surface area contributed by atoms with Gasteiger partial charge in [-0.3, -0.25) is 9.78 Å². The maximum Gasteiger partial charge on any atom is 0.270 e. The predicted molar refractivity (Wildman–Crippen MR) is 84.0 cm³/mol. The van der Waals surface area contributed by atoms with Crippen LogP contribution >= 0.6 is 0 Å². The molecule has 1 amide bonds. The van der Waals surface area contributed by atoms with E-state index in [2.05, 4.69) is 20.5 Å². The first-order valence-corrected chi connectivity index (χ1v) is 7.82. The number of nitrogens with zero attached hydrogens (tertiary/aromatic N) is 2. The molecule has 116 valence electrons. The Morgan fingerprint density at radius 1 is 1.41 bits per heavy atom. The fourth-order valence-electron chi connectivity index (χ4n) is 3.60. The van der Waals surface area contributed by atoms with Gasteiger partial charge >= 0.3 is 0 Å². The monoisotopic (exact) mass is 300 g/mol. The van der Waals surface area contributed by atoms with Crippen LogP contribution in [0.2, 0.25) is 0 Å². The number of amides is 1. The second kappa shape index (κ2) is 5.28. The van der Waals surface area contributed by atoms with E-state index in [1.165, 1.54) is 19.5 Å². The lowest BCUT2D eigenvalue weighted by Gasteiger charge is -2.30. The molecule has 2 aliphatic heterocycles. The number of carbonyl (C=O) groups excluding carboxylic acids is 1. The Morgan fingerprint density at radius 3 is 3.14 bits per heavy atom. The molecule has 4 heterocycles. The standard InChI is InChI=1S/C16H20N4O2/c1-17-15-5-11-7-18-13(6-14(11)22-15)16(21)19-12-4-10-2-3-20(8-10)9-12/h5-7,10,12,17H,2-4,8-9H2,1H3,(H,19,21)/t10-,12+/m0/s1. The Labute approximate surface area is 128 Å². The average molecular weight is 300 g/mol. The fourth-order valence-corrected chi connectivity index (χ4v) is 3.60. The van der Waals surface area contributed by atoms with Crippen LogP contribution < -0.4 is 10.6 Å². The first kappa shape index (κ1) is 13.6. The second-order valence-electron chi connectivity index (χ2n) is 6.29. The minimum atomic E-state index is -0.114. The van der Waals surface area contributed by atoms with Crippen LogP contribution in [0, 0.1) is 5.92 Å². The maximum absolute atomic E-state index is 12.4. The zero-order valence-electron chi connectivity index (χ0n) is 12.6. The van der Waals surface area contributed by atoms with Crippen molar-refractivity contribution in [3.63, 3.8) is 0 Å². The minimum absolute atomic E-state index is 0.114. The third-order valence-electron chi connectivity index (χ3n) is 4.68. The Bertz CT molecular complexity index is 699. The summed E-state index contributed by atoms with van der Waals surface area (Å²) in [5.74, 6) is 1.29. The first-order valence-electron chi connectivity index (χ1n) is 7.82. The smallest absolute Gasteiger partial charge is 0.270 e. The van der Waals surface area contributed by atoms with Crippen molar-refractivity contribution in [3.05, 3.63) is 24.0 Å². The van der Waals surface area contributed by atoms with Gasteiger partial charge in [-0.1, -0.05) is 0 Å². The third-order valence-corrected chi connectivity index (χ3v) is 4.68. The normalized spacial score (nSPS) is 27.0. The second-order valence-corrected chi connectivity index (χ2v) is 6.29. The minimum Gasteiger partial charge on any atom is -0.441 e. The number of nitrogens with one attached hydrogen (secondary N) is 2. The number of pyridine rings is 1. The van der Waals surface area contributed by atoms with Crippen LogP contribution in [-0.4, -0.2) is 48.5 Å². The Balaban J connectivity index is 1.50. The van der Waals surface area contributed by atoms with Gasteiger partial charge < -0.3 is 20.0 Å². The van der Waals surface area contributed by atoms with Gasteiger partial charge in [-0.25, -0.2) is 0 Å². The fraction of sp³-hybridized carbons (Fsp3) is 0.500. The van der Waals surface area contributed by atoms with Crippen LogP contribution in [-0.2, 0) is 0 Å². The lowest BCUT2D eigenvalue weighted by Crippen LogP contribution is -2.47. The highest BCUT2D eigenvalue weighted by Gasteiger charge is 2.33. The molecule has 3 atom stereocenters. The van der Waals surface area contributed by atoms with Crippen LogP contribution in [0.15, 0.2) is 22.7 Å². The first-order chi connectivity index (χ1) is 10.7. The van der Waals surface area contributed by atoms with Crippen molar-refractivity contribution in [1.82, 2.24) is 15.2 Å². The van der Waals surface area contributed by atoms with Crippen molar-refractivity contribution < 1.29 is 9.21 Å². The number of hydrogen-bond donors (Lipinski definition) is 2. The molecule has 6 heteroatoms. The topological polar surface area (TPSA) is 70.4 Å². The predicted octanol–water partition coefficient (Wildman–Crippen LogP) is 1.69. The van der Waals surface area contributed by atoms with E-state index < -0.39 is 0 Å². The molecule has 1 unspecified atom stereocenters. The molecular formula is C16H20N4O2. The van der Waals surface area contributed by atoms with E-state index in [1.807, 2.05) is 6.07 Å². The Kier molecular flexibility index (Phi) is 3.26. The molecule has 0 radical (unpaired) electrons. The van der Waals surface area contributed by atoms with Crippen molar-refractivity contribution >= 4 is 22.8 Å². The summed E-state index contributed by atoms with van der Waals surface area (Å²) in [6.07, 6.45) is 4.02. The highest BCUT2D eigenvalue weighted by atomic mass is 16.3. The Morgan fingerprint density at radius 2 is 2.32 bits per heavy atom. The number of furan rings is 1. The van der Waals surface area contributed by atoms with Crippen LogP contribution in [0.3, 0.4) is 0 Å². The molecule has 2 fully saturated rings. The molecule has 0 spiro atoms. The SMILES string of the molecule is CNc1cc2cnc(C(=O)N[C@@H]3C[C@@H]4CCN(C4)C3)cc2o1. The average Bonchev–Trinajstić information content (AvgIpc) is 3.09. The maximum atomic E-state index is 12.4. The van der Waals surface area contributed by atoms with Crippen molar-refractivity contribution in [1.29, 1.82) is 0 Å². The van der Waals surface area contributed by atoms with E-state index in [9.17, 15) is 4.79 Å². The summed E-state index contributed by atoms with van der Waals surface area (Å²) in [6.45, 7) is 3.31. The van der Waals surface area contributed by atoms with Gasteiger partial charge in [0.25, 0.3) is 5.91 Å². The number of anilines is 1. The highest BCUT2D eigenvalue weighted by Crippen LogP contribution is 2.27. The summed E-state index contributed by atoms with van der Waals surface area (Å²) in [5, 5.41) is 6.96. The van der Waals surface area contributed by atoms with Crippen molar-refractivity contribution in [2.45, 2.75) is 18.9 Å². The van der Waals surface area contributed by atoms with Crippen molar-refractivity contribution in [2.75, 3.05) is 32.0 Å². The molecule has 2 bridgehead atoms. The zero-order valence-corrected chi connectivity index (χ0v) is 12.6. The van der Waals surface area contributed by atoms with E-state index >= 15 is 0 Å². The summed E-state index contributed by atoms with van der Waals surface area (Å²) in [5.41, 5.74) is 1.09. The summed E-state index contributed by atoms with van der Waals surface area (Å²) in [4.78, 5) is 19.1. The summed E-state index contributed by atoms with van der Waals surface area (Å²) in [7, 11) is 1.80. The van der Waals surface area contributed by atoms with Gasteiger partial charge in [0, 0.05) is 49.9 Å². The Hall–Kier alpha value is -2.08. The molecule has 2 N–H and O–H groups in total. The lowest BCUT2D eigenvalue weighted by atomic mass is 9.97. The van der Waals surface area contributed by atoms with Gasteiger partial charge in [-0.15, -0.1) is 0 Å². The quantitative estimate of drug-likeness (QED) is 0.903. The number of aromatic nitrogens is 1. The number of carbonyl (C=O) groups is 1. The van der Waals surface area contributed by atoms with Crippen LogP contribution in [0.1, 0.15) is 23.3 Å². The summed E-state index contributed by atoms with van der Waals surface area (Å²) < 4.78 is 5.60. The van der Waals surface area contributed by atoms with Crippen molar-refractivity contribution in [3.8, 4) is 0 Å². The van der Waals surface area contributed by atoms with E-state index in [1.54, 1.807) is 19.3 Å². The molecule has 2 aliphatic rings. The molecule has 2 aromatic heterocycles. The molecule has 0 saturated carbocycles. The van der Waals surface area contributed by atoms with Crippen LogP contribution in [0.25, 0.3) is 11.0 Å². The van der Waals surface area contributed by atoms with E-state index in [0.717, 1.165) is 24.3 Å². The van der Waals surface area contributed by atoms with Gasteiger partial charge in [0.15, 0.2) is 5.88 Å².